The van der Waals surface area contributed by atoms with Crippen LogP contribution in [0.5, 0.6) is 0 Å². The van der Waals surface area contributed by atoms with Gasteiger partial charge in [-0.3, -0.25) is 5.10 Å². The Hall–Kier alpha value is -3.32. The molecule has 0 aliphatic rings. The number of carbonyl (C=O) groups is 1. The van der Waals surface area contributed by atoms with Crippen molar-refractivity contribution in [1.82, 2.24) is 19.7 Å². The summed E-state index contributed by atoms with van der Waals surface area (Å²) in [6.07, 6.45) is 5.43. The maximum Gasteiger partial charge on any atom is 0.342 e. The van der Waals surface area contributed by atoms with E-state index in [2.05, 4.69) is 44.9 Å². The number of aryl methyl sites for hydroxylation is 1. The zero-order chi connectivity index (χ0) is 20.9. The maximum atomic E-state index is 11.9. The van der Waals surface area contributed by atoms with Crippen LogP contribution >= 0.6 is 11.8 Å². The second-order valence-electron chi connectivity index (χ2n) is 6.95. The zero-order valence-corrected chi connectivity index (χ0v) is 17.4. The van der Waals surface area contributed by atoms with Gasteiger partial charge in [-0.15, -0.1) is 5.10 Å². The average molecular weight is 419 g/mol. The molecule has 0 fully saturated rings. The third kappa shape index (κ3) is 4.46. The molecule has 152 valence electrons. The van der Waals surface area contributed by atoms with Gasteiger partial charge in [-0.05, 0) is 35.9 Å². The molecule has 0 saturated heterocycles. The number of hydrogen-bond acceptors (Lipinski definition) is 4. The van der Waals surface area contributed by atoms with E-state index in [-0.39, 0.29) is 4.91 Å². The van der Waals surface area contributed by atoms with Crippen LogP contribution in [0.15, 0.2) is 70.9 Å². The fraction of sp³-hybridized carbons (Fsp3) is 0.174. The molecular formula is C23H22N4O2S. The quantitative estimate of drug-likeness (QED) is 0.311. The van der Waals surface area contributed by atoms with Crippen LogP contribution in [0.1, 0.15) is 30.3 Å². The molecule has 2 N–H and O–H groups in total. The number of carboxylic acid groups (broad SMARTS) is 1. The van der Waals surface area contributed by atoms with Gasteiger partial charge in [-0.25, -0.2) is 9.78 Å². The van der Waals surface area contributed by atoms with Gasteiger partial charge in [0.2, 0.25) is 5.16 Å². The lowest BCUT2D eigenvalue weighted by Gasteiger charge is -2.05. The highest BCUT2D eigenvalue weighted by Gasteiger charge is 2.16. The summed E-state index contributed by atoms with van der Waals surface area (Å²) in [6, 6.07) is 18.2. The first-order valence-electron chi connectivity index (χ1n) is 9.80. The molecule has 0 saturated carbocycles. The Morgan fingerprint density at radius 3 is 2.70 bits per heavy atom. The molecule has 2 heterocycles. The Balaban J connectivity index is 1.69. The molecule has 2 aromatic carbocycles. The van der Waals surface area contributed by atoms with Gasteiger partial charge in [0.05, 0.1) is 0 Å². The van der Waals surface area contributed by atoms with Gasteiger partial charge < -0.3 is 9.67 Å². The van der Waals surface area contributed by atoms with Crippen molar-refractivity contribution in [2.45, 2.75) is 31.5 Å². The van der Waals surface area contributed by atoms with Gasteiger partial charge in [-0.2, -0.15) is 0 Å². The van der Waals surface area contributed by atoms with Crippen LogP contribution in [0.2, 0.25) is 0 Å². The van der Waals surface area contributed by atoms with E-state index in [1.807, 2.05) is 42.6 Å². The summed E-state index contributed by atoms with van der Waals surface area (Å²) in [5.41, 5.74) is 3.10. The lowest BCUT2D eigenvalue weighted by Crippen LogP contribution is -1.98. The second kappa shape index (κ2) is 9.00. The molecule has 4 rings (SSSR count). The van der Waals surface area contributed by atoms with E-state index in [9.17, 15) is 9.90 Å². The van der Waals surface area contributed by atoms with Crippen LogP contribution < -0.4 is 0 Å². The summed E-state index contributed by atoms with van der Waals surface area (Å²) in [7, 11) is 0. The first-order chi connectivity index (χ1) is 14.6. The van der Waals surface area contributed by atoms with Crippen molar-refractivity contribution in [2.75, 3.05) is 0 Å². The lowest BCUT2D eigenvalue weighted by atomic mass is 10.1. The first-order valence-corrected chi connectivity index (χ1v) is 10.6. The minimum Gasteiger partial charge on any atom is -0.477 e. The van der Waals surface area contributed by atoms with E-state index in [0.717, 1.165) is 46.9 Å². The SMILES string of the molecule is CCCc1nc(S/C(=C\c2cn(Cc3ccccc3)c3ccccc23)C(=O)O)n[nH]1. The Morgan fingerprint density at radius 1 is 1.17 bits per heavy atom. The van der Waals surface area contributed by atoms with Crippen molar-refractivity contribution in [3.05, 3.63) is 82.7 Å². The van der Waals surface area contributed by atoms with Crippen molar-refractivity contribution in [3.8, 4) is 0 Å². The maximum absolute atomic E-state index is 11.9. The molecule has 0 unspecified atom stereocenters. The summed E-state index contributed by atoms with van der Waals surface area (Å²) in [5.74, 6) is -0.231. The zero-order valence-electron chi connectivity index (χ0n) is 16.6. The smallest absolute Gasteiger partial charge is 0.342 e. The van der Waals surface area contributed by atoms with Crippen LogP contribution in [-0.2, 0) is 17.8 Å². The molecule has 0 radical (unpaired) electrons. The first kappa shape index (κ1) is 20.0. The third-order valence-electron chi connectivity index (χ3n) is 4.71. The Morgan fingerprint density at radius 2 is 1.93 bits per heavy atom. The topological polar surface area (TPSA) is 83.8 Å². The normalized spacial score (nSPS) is 11.8. The highest BCUT2D eigenvalue weighted by Crippen LogP contribution is 2.30. The van der Waals surface area contributed by atoms with Crippen molar-refractivity contribution in [1.29, 1.82) is 0 Å². The largest absolute Gasteiger partial charge is 0.477 e. The van der Waals surface area contributed by atoms with Crippen LogP contribution in [-0.4, -0.2) is 30.8 Å². The number of para-hydroxylation sites is 1. The standard InChI is InChI=1S/C23H22N4O2S/c1-2-8-21-24-23(26-25-21)30-20(22(28)29)13-17-15-27(14-16-9-4-3-5-10-16)19-12-7-6-11-18(17)19/h3-7,9-13,15H,2,8,14H2,1H3,(H,28,29)(H,24,25,26)/b20-13-. The summed E-state index contributed by atoms with van der Waals surface area (Å²) >= 11 is 1.06. The van der Waals surface area contributed by atoms with Crippen molar-refractivity contribution >= 4 is 34.7 Å². The van der Waals surface area contributed by atoms with Gasteiger partial charge in [0.25, 0.3) is 0 Å². The molecule has 0 aliphatic heterocycles. The molecule has 6 nitrogen and oxygen atoms in total. The van der Waals surface area contributed by atoms with Crippen molar-refractivity contribution < 1.29 is 9.90 Å². The van der Waals surface area contributed by atoms with E-state index < -0.39 is 5.97 Å². The minimum absolute atomic E-state index is 0.180. The van der Waals surface area contributed by atoms with Crippen LogP contribution in [0.3, 0.4) is 0 Å². The summed E-state index contributed by atoms with van der Waals surface area (Å²) in [5, 5.41) is 18.2. The van der Waals surface area contributed by atoms with Gasteiger partial charge in [0.15, 0.2) is 0 Å². The highest BCUT2D eigenvalue weighted by atomic mass is 32.2. The summed E-state index contributed by atoms with van der Waals surface area (Å²) in [6.45, 7) is 2.77. The van der Waals surface area contributed by atoms with Crippen molar-refractivity contribution in [3.63, 3.8) is 0 Å². The van der Waals surface area contributed by atoms with Gasteiger partial charge in [0, 0.05) is 35.6 Å². The average Bonchev–Trinajstić information content (AvgIpc) is 3.33. The molecule has 0 aliphatic carbocycles. The number of aliphatic carboxylic acids is 1. The molecule has 2 aromatic heterocycles. The van der Waals surface area contributed by atoms with Crippen LogP contribution in [0, 0.1) is 0 Å². The number of H-pyrrole nitrogens is 1. The fourth-order valence-corrected chi connectivity index (χ4v) is 4.06. The molecule has 0 spiro atoms. The minimum atomic E-state index is -0.998. The molecule has 0 bridgehead atoms. The predicted molar refractivity (Wildman–Crippen MR) is 119 cm³/mol. The molecule has 30 heavy (non-hydrogen) atoms. The number of rotatable bonds is 8. The number of benzene rings is 2. The van der Waals surface area contributed by atoms with E-state index in [4.69, 9.17) is 0 Å². The van der Waals surface area contributed by atoms with Crippen LogP contribution in [0.4, 0.5) is 0 Å². The summed E-state index contributed by atoms with van der Waals surface area (Å²) in [4.78, 5) is 16.5. The number of fused-ring (bicyclic) bond motifs is 1. The van der Waals surface area contributed by atoms with E-state index in [0.29, 0.717) is 11.7 Å². The number of aromatic nitrogens is 4. The molecule has 0 atom stereocenters. The fourth-order valence-electron chi connectivity index (χ4n) is 3.35. The van der Waals surface area contributed by atoms with E-state index in [1.165, 1.54) is 5.56 Å². The molecule has 0 amide bonds. The Labute approximate surface area is 178 Å². The number of thioether (sulfide) groups is 1. The van der Waals surface area contributed by atoms with Crippen LogP contribution in [0.25, 0.3) is 17.0 Å². The van der Waals surface area contributed by atoms with Crippen molar-refractivity contribution in [2.24, 2.45) is 0 Å². The van der Waals surface area contributed by atoms with Gasteiger partial charge in [0.1, 0.15) is 10.7 Å². The number of hydrogen-bond donors (Lipinski definition) is 2. The molecule has 7 heteroatoms. The Kier molecular flexibility index (Phi) is 5.99. The lowest BCUT2D eigenvalue weighted by molar-refractivity contribution is -0.131. The Bertz CT molecular complexity index is 1190. The monoisotopic (exact) mass is 418 g/mol. The van der Waals surface area contributed by atoms with E-state index in [1.54, 1.807) is 6.08 Å². The number of nitrogens with one attached hydrogen (secondary N) is 1. The number of carboxylic acids is 1. The van der Waals surface area contributed by atoms with Gasteiger partial charge >= 0.3 is 5.97 Å². The number of aromatic amines is 1. The predicted octanol–water partition coefficient (Wildman–Crippen LogP) is 4.98. The van der Waals surface area contributed by atoms with Gasteiger partial charge in [-0.1, -0.05) is 55.5 Å². The second-order valence-corrected chi connectivity index (χ2v) is 7.95. The number of nitrogens with zero attached hydrogens (tertiary/aromatic N) is 3. The third-order valence-corrected chi connectivity index (χ3v) is 5.59. The molecular weight excluding hydrogens is 396 g/mol. The summed E-state index contributed by atoms with van der Waals surface area (Å²) < 4.78 is 2.15. The highest BCUT2D eigenvalue weighted by molar-refractivity contribution is 8.04. The van der Waals surface area contributed by atoms with E-state index >= 15 is 0 Å². The molecule has 4 aromatic rings.